The molecule has 0 heterocycles. The third-order valence-electron chi connectivity index (χ3n) is 2.71. The van der Waals surface area contributed by atoms with Crippen LogP contribution in [0.5, 0.6) is 0 Å². The summed E-state index contributed by atoms with van der Waals surface area (Å²) in [4.78, 5) is 10.7. The second kappa shape index (κ2) is 10.8. The van der Waals surface area contributed by atoms with E-state index < -0.39 is 0 Å². The van der Waals surface area contributed by atoms with E-state index in [-0.39, 0.29) is 11.7 Å². The monoisotopic (exact) mass is 260 g/mol. The zero-order chi connectivity index (χ0) is 13.9. The molecule has 0 aliphatic heterocycles. The van der Waals surface area contributed by atoms with Gasteiger partial charge in [0.05, 0.1) is 6.61 Å². The zero-order valence-electron chi connectivity index (χ0n) is 13.0. The van der Waals surface area contributed by atoms with Gasteiger partial charge in [-0.25, -0.2) is 9.78 Å². The Morgan fingerprint density at radius 2 is 1.39 bits per heavy atom. The van der Waals surface area contributed by atoms with Crippen molar-refractivity contribution in [1.82, 2.24) is 0 Å². The van der Waals surface area contributed by atoms with Gasteiger partial charge in [0, 0.05) is 12.0 Å². The molecule has 0 aromatic rings. The molecule has 0 amide bonds. The number of rotatable bonds is 11. The summed E-state index contributed by atoms with van der Waals surface area (Å²) in [6.07, 6.45) is 6.63. The van der Waals surface area contributed by atoms with Crippen LogP contribution in [0, 0.1) is 5.41 Å². The van der Waals surface area contributed by atoms with Crippen LogP contribution in [0.25, 0.3) is 0 Å². The zero-order valence-corrected chi connectivity index (χ0v) is 13.0. The highest BCUT2D eigenvalue weighted by Crippen LogP contribution is 2.24. The average molecular weight is 260 g/mol. The highest BCUT2D eigenvalue weighted by atomic mass is 17.2. The summed E-state index contributed by atoms with van der Waals surface area (Å²) in [6.45, 7) is 12.1. The van der Waals surface area contributed by atoms with Gasteiger partial charge in [-0.15, -0.1) is 0 Å². The number of unbranched alkanes of at least 4 members (excludes halogenated alkanes) is 4. The van der Waals surface area contributed by atoms with Crippen molar-refractivity contribution in [3.8, 4) is 0 Å². The second-order valence-electron chi connectivity index (χ2n) is 5.90. The molecule has 0 radical (unpaired) electrons. The van der Waals surface area contributed by atoms with E-state index >= 15 is 0 Å². The van der Waals surface area contributed by atoms with E-state index in [0.717, 1.165) is 19.4 Å². The van der Waals surface area contributed by atoms with Gasteiger partial charge in [-0.05, 0) is 12.8 Å². The predicted octanol–water partition coefficient (Wildman–Crippen LogP) is 4.70. The number of hydrogen-bond donors (Lipinski definition) is 0. The number of hydrogen-bond acceptors (Lipinski definition) is 3. The third kappa shape index (κ3) is 9.86. The summed E-state index contributed by atoms with van der Waals surface area (Å²) in [5.41, 5.74) is -0.0586. The molecule has 1 unspecified atom stereocenters. The minimum atomic E-state index is -0.281. The van der Waals surface area contributed by atoms with E-state index in [0.29, 0.717) is 6.61 Å². The van der Waals surface area contributed by atoms with Crippen LogP contribution in [-0.4, -0.2) is 19.5 Å². The quantitative estimate of drug-likeness (QED) is 0.233. The van der Waals surface area contributed by atoms with Crippen molar-refractivity contribution < 1.29 is 14.5 Å². The van der Waals surface area contributed by atoms with Crippen molar-refractivity contribution in [3.63, 3.8) is 0 Å². The summed E-state index contributed by atoms with van der Waals surface area (Å²) in [6, 6.07) is 0. The van der Waals surface area contributed by atoms with Crippen LogP contribution >= 0.6 is 0 Å². The molecular formula is C15H32O3. The van der Waals surface area contributed by atoms with E-state index in [1.807, 2.05) is 0 Å². The Bertz CT molecular complexity index is 175. The molecule has 0 bridgehead atoms. The van der Waals surface area contributed by atoms with E-state index in [2.05, 4.69) is 34.6 Å². The summed E-state index contributed by atoms with van der Waals surface area (Å²) in [7, 11) is 0. The fourth-order valence-electron chi connectivity index (χ4n) is 1.49. The fourth-order valence-corrected chi connectivity index (χ4v) is 1.49. The van der Waals surface area contributed by atoms with Crippen LogP contribution in [0.2, 0.25) is 0 Å². The molecule has 18 heavy (non-hydrogen) atoms. The van der Waals surface area contributed by atoms with Crippen LogP contribution in [0.15, 0.2) is 0 Å². The molecule has 0 aromatic carbocycles. The first-order valence-corrected chi connectivity index (χ1v) is 7.42. The second-order valence-corrected chi connectivity index (χ2v) is 5.90. The van der Waals surface area contributed by atoms with Crippen molar-refractivity contribution in [3.05, 3.63) is 0 Å². The lowest BCUT2D eigenvalue weighted by atomic mass is 9.96. The van der Waals surface area contributed by atoms with Crippen molar-refractivity contribution >= 4 is 0 Å². The van der Waals surface area contributed by atoms with Crippen LogP contribution < -0.4 is 0 Å². The van der Waals surface area contributed by atoms with Crippen molar-refractivity contribution in [1.29, 1.82) is 0 Å². The Labute approximate surface area is 113 Å². The van der Waals surface area contributed by atoms with E-state index in [1.54, 1.807) is 0 Å². The lowest BCUT2D eigenvalue weighted by Gasteiger charge is -2.29. The van der Waals surface area contributed by atoms with Crippen LogP contribution in [0.1, 0.15) is 73.1 Å². The van der Waals surface area contributed by atoms with Gasteiger partial charge >= 0.3 is 0 Å². The molecule has 0 saturated carbocycles. The Kier molecular flexibility index (Phi) is 10.7. The molecule has 0 aromatic heterocycles. The van der Waals surface area contributed by atoms with Crippen LogP contribution in [-0.2, 0) is 14.5 Å². The highest BCUT2D eigenvalue weighted by Gasteiger charge is 2.27. The summed E-state index contributed by atoms with van der Waals surface area (Å²) in [5, 5.41) is 0. The van der Waals surface area contributed by atoms with Gasteiger partial charge in [0.15, 0.2) is 6.29 Å². The Balaban J connectivity index is 3.79. The third-order valence-corrected chi connectivity index (χ3v) is 2.71. The Morgan fingerprint density at radius 1 is 0.833 bits per heavy atom. The lowest BCUT2D eigenvalue weighted by Crippen LogP contribution is -2.32. The molecule has 0 spiro atoms. The van der Waals surface area contributed by atoms with E-state index in [9.17, 15) is 0 Å². The lowest BCUT2D eigenvalue weighted by molar-refractivity contribution is -0.399. The molecule has 0 aliphatic carbocycles. The molecule has 0 N–H and O–H groups in total. The minimum Gasteiger partial charge on any atom is -0.349 e. The maximum Gasteiger partial charge on any atom is 0.196 e. The molecule has 0 saturated heterocycles. The van der Waals surface area contributed by atoms with E-state index in [1.165, 1.54) is 25.7 Å². The van der Waals surface area contributed by atoms with Gasteiger partial charge in [-0.3, -0.25) is 0 Å². The first-order chi connectivity index (χ1) is 8.52. The molecule has 1 atom stereocenters. The van der Waals surface area contributed by atoms with Crippen LogP contribution in [0.4, 0.5) is 0 Å². The first-order valence-electron chi connectivity index (χ1n) is 7.42. The summed E-state index contributed by atoms with van der Waals surface area (Å²) in [5.74, 6) is 0. The first kappa shape index (κ1) is 17.9. The molecule has 110 valence electrons. The van der Waals surface area contributed by atoms with Gasteiger partial charge in [-0.2, -0.15) is 0 Å². The fraction of sp³-hybridized carbons (Fsp3) is 1.00. The molecule has 0 fully saturated rings. The summed E-state index contributed by atoms with van der Waals surface area (Å²) >= 11 is 0. The largest absolute Gasteiger partial charge is 0.349 e. The van der Waals surface area contributed by atoms with Crippen molar-refractivity contribution in [2.45, 2.75) is 79.4 Å². The maximum absolute atomic E-state index is 5.77. The molecule has 0 aliphatic rings. The van der Waals surface area contributed by atoms with Gasteiger partial charge in [0.25, 0.3) is 0 Å². The van der Waals surface area contributed by atoms with E-state index in [4.69, 9.17) is 14.5 Å². The standard InChI is InChI=1S/C15H32O3/c1-6-8-10-12-16-14(15(3,4)5)18-17-13-11-9-7-2/h14H,6-13H2,1-5H3. The van der Waals surface area contributed by atoms with Crippen molar-refractivity contribution in [2.24, 2.45) is 5.41 Å². The Hall–Kier alpha value is -0.120. The van der Waals surface area contributed by atoms with Crippen molar-refractivity contribution in [2.75, 3.05) is 13.2 Å². The summed E-state index contributed by atoms with van der Waals surface area (Å²) < 4.78 is 5.77. The normalized spacial score (nSPS) is 13.8. The molecule has 3 nitrogen and oxygen atoms in total. The highest BCUT2D eigenvalue weighted by molar-refractivity contribution is 4.65. The van der Waals surface area contributed by atoms with Crippen LogP contribution in [0.3, 0.4) is 0 Å². The van der Waals surface area contributed by atoms with Gasteiger partial charge in [0.1, 0.15) is 0 Å². The topological polar surface area (TPSA) is 27.7 Å². The molecular weight excluding hydrogens is 228 g/mol. The van der Waals surface area contributed by atoms with Gasteiger partial charge in [-0.1, -0.05) is 60.3 Å². The maximum atomic E-state index is 5.77. The van der Waals surface area contributed by atoms with Gasteiger partial charge in [0.2, 0.25) is 0 Å². The SMILES string of the molecule is CCCCCOOC(OCCCCC)C(C)(C)C. The predicted molar refractivity (Wildman–Crippen MR) is 75.3 cm³/mol. The van der Waals surface area contributed by atoms with Gasteiger partial charge < -0.3 is 4.74 Å². The smallest absolute Gasteiger partial charge is 0.196 e. The Morgan fingerprint density at radius 3 is 1.89 bits per heavy atom. The molecule has 0 rings (SSSR count). The molecule has 3 heteroatoms. The average Bonchev–Trinajstić information content (AvgIpc) is 2.30. The minimum absolute atomic E-state index is 0.0586. The number of ether oxygens (including phenoxy) is 1.